The van der Waals surface area contributed by atoms with E-state index in [4.69, 9.17) is 14.2 Å². The van der Waals surface area contributed by atoms with Gasteiger partial charge in [0.05, 0.1) is 11.7 Å². The van der Waals surface area contributed by atoms with Gasteiger partial charge in [0, 0.05) is 18.8 Å². The Morgan fingerprint density at radius 1 is 1.12 bits per heavy atom. The van der Waals surface area contributed by atoms with E-state index >= 15 is 0 Å². The van der Waals surface area contributed by atoms with Crippen LogP contribution in [0, 0.1) is 5.92 Å². The number of carbonyl (C=O) groups excluding carboxylic acids is 1. The van der Waals surface area contributed by atoms with E-state index in [0.717, 1.165) is 49.7 Å². The van der Waals surface area contributed by atoms with Crippen LogP contribution in [0.2, 0.25) is 0 Å². The summed E-state index contributed by atoms with van der Waals surface area (Å²) in [6.07, 6.45) is 5.21. The highest BCUT2D eigenvalue weighted by molar-refractivity contribution is 6.01. The number of epoxide rings is 1. The average Bonchev–Trinajstić information content (AvgIpc) is 2.87. The van der Waals surface area contributed by atoms with E-state index in [9.17, 15) is 4.79 Å². The topological polar surface area (TPSA) is 48.1 Å². The molecular weight excluding hydrogens is 304 g/mol. The highest BCUT2D eigenvalue weighted by Crippen LogP contribution is 2.54. The SMILES string of the molecule is CC(C)=C1CC[C@]2(C)CC[C@]3(O[C@H](C[C@H]3C)C[C@]3(C)O[C@H]3C1=O)O2. The molecule has 4 fully saturated rings. The number of hydrogen-bond acceptors (Lipinski definition) is 4. The first kappa shape index (κ1) is 16.7. The minimum absolute atomic E-state index is 0.125. The summed E-state index contributed by atoms with van der Waals surface area (Å²) in [5, 5.41) is 0. The van der Waals surface area contributed by atoms with Crippen LogP contribution in [0.25, 0.3) is 0 Å². The van der Waals surface area contributed by atoms with Crippen molar-refractivity contribution in [2.24, 2.45) is 5.92 Å². The molecule has 24 heavy (non-hydrogen) atoms. The normalized spacial score (nSPS) is 51.0. The molecule has 0 unspecified atom stereocenters. The molecule has 0 aromatic heterocycles. The summed E-state index contributed by atoms with van der Waals surface area (Å²) in [6.45, 7) is 10.6. The summed E-state index contributed by atoms with van der Waals surface area (Å²) >= 11 is 0. The fraction of sp³-hybridized carbons (Fsp3) is 0.850. The predicted molar refractivity (Wildman–Crippen MR) is 90.6 cm³/mol. The number of ether oxygens (including phenoxy) is 3. The van der Waals surface area contributed by atoms with E-state index in [1.807, 2.05) is 13.8 Å². The molecule has 0 aliphatic carbocycles. The minimum Gasteiger partial charge on any atom is -0.358 e. The van der Waals surface area contributed by atoms with Crippen molar-refractivity contribution < 1.29 is 19.0 Å². The first-order valence-corrected chi connectivity index (χ1v) is 9.43. The monoisotopic (exact) mass is 334 g/mol. The first-order valence-electron chi connectivity index (χ1n) is 9.43. The van der Waals surface area contributed by atoms with Crippen molar-refractivity contribution in [1.29, 1.82) is 0 Å². The Morgan fingerprint density at radius 2 is 1.88 bits per heavy atom. The largest absolute Gasteiger partial charge is 0.358 e. The van der Waals surface area contributed by atoms with Crippen molar-refractivity contribution in [3.63, 3.8) is 0 Å². The second-order valence-corrected chi connectivity index (χ2v) is 9.10. The zero-order valence-corrected chi connectivity index (χ0v) is 15.6. The predicted octanol–water partition coefficient (Wildman–Crippen LogP) is 3.92. The van der Waals surface area contributed by atoms with E-state index < -0.39 is 5.79 Å². The van der Waals surface area contributed by atoms with Crippen molar-refractivity contribution in [3.8, 4) is 0 Å². The van der Waals surface area contributed by atoms with Gasteiger partial charge in [0.1, 0.15) is 11.7 Å². The Bertz CT molecular complexity index is 607. The van der Waals surface area contributed by atoms with Gasteiger partial charge in [0.15, 0.2) is 11.6 Å². The molecule has 0 aromatic carbocycles. The molecule has 4 saturated heterocycles. The fourth-order valence-corrected chi connectivity index (χ4v) is 5.05. The van der Waals surface area contributed by atoms with Crippen molar-refractivity contribution >= 4 is 5.78 Å². The maximum Gasteiger partial charge on any atom is 0.190 e. The summed E-state index contributed by atoms with van der Waals surface area (Å²) in [5.74, 6) is 0.149. The maximum atomic E-state index is 13.0. The fourth-order valence-electron chi connectivity index (χ4n) is 5.05. The lowest BCUT2D eigenvalue weighted by Crippen LogP contribution is -2.39. The van der Waals surface area contributed by atoms with Gasteiger partial charge in [-0.05, 0) is 59.0 Å². The number of allylic oxidation sites excluding steroid dienone is 1. The number of carbonyl (C=O) groups is 1. The molecule has 0 saturated carbocycles. The molecule has 4 nitrogen and oxygen atoms in total. The van der Waals surface area contributed by atoms with Gasteiger partial charge in [-0.2, -0.15) is 0 Å². The van der Waals surface area contributed by atoms with Gasteiger partial charge in [-0.25, -0.2) is 0 Å². The Kier molecular flexibility index (Phi) is 3.59. The van der Waals surface area contributed by atoms with Gasteiger partial charge in [0.25, 0.3) is 0 Å². The highest BCUT2D eigenvalue weighted by Gasteiger charge is 2.62. The summed E-state index contributed by atoms with van der Waals surface area (Å²) in [7, 11) is 0. The lowest BCUT2D eigenvalue weighted by atomic mass is 9.86. The van der Waals surface area contributed by atoms with Gasteiger partial charge < -0.3 is 14.2 Å². The summed E-state index contributed by atoms with van der Waals surface area (Å²) < 4.78 is 18.9. The second-order valence-electron chi connectivity index (χ2n) is 9.10. The zero-order valence-electron chi connectivity index (χ0n) is 15.6. The van der Waals surface area contributed by atoms with Crippen LogP contribution < -0.4 is 0 Å². The molecule has 0 radical (unpaired) electrons. The number of rotatable bonds is 0. The Labute approximate surface area is 144 Å². The summed E-state index contributed by atoms with van der Waals surface area (Å²) in [6, 6.07) is 0. The lowest BCUT2D eigenvalue weighted by Gasteiger charge is -2.33. The third-order valence-electron chi connectivity index (χ3n) is 6.72. The smallest absolute Gasteiger partial charge is 0.190 e. The second kappa shape index (κ2) is 5.15. The third-order valence-corrected chi connectivity index (χ3v) is 6.72. The number of fused-ring (bicyclic) bond motifs is 3. The van der Waals surface area contributed by atoms with Gasteiger partial charge >= 0.3 is 0 Å². The van der Waals surface area contributed by atoms with Crippen LogP contribution in [-0.2, 0) is 19.0 Å². The first-order chi connectivity index (χ1) is 11.2. The van der Waals surface area contributed by atoms with Crippen LogP contribution in [0.15, 0.2) is 11.1 Å². The standard InChI is InChI=1S/C20H30O4/c1-12(2)15-6-7-18(4)8-9-20(24-18)13(3)10-14(22-20)11-19(5)17(23-19)16(15)21/h13-14,17H,6-11H2,1-5H3/t13-,14-,17+,18-,19+,20+/m1/s1. The van der Waals surface area contributed by atoms with E-state index in [0.29, 0.717) is 5.92 Å². The van der Waals surface area contributed by atoms with Gasteiger partial charge in [-0.1, -0.05) is 12.5 Å². The molecular formula is C20H30O4. The number of hydrogen-bond donors (Lipinski definition) is 0. The van der Waals surface area contributed by atoms with E-state index in [1.54, 1.807) is 0 Å². The Morgan fingerprint density at radius 3 is 2.58 bits per heavy atom. The Hall–Kier alpha value is -0.710. The molecule has 0 aromatic rings. The van der Waals surface area contributed by atoms with E-state index in [1.165, 1.54) is 0 Å². The molecule has 4 heteroatoms. The molecule has 4 heterocycles. The zero-order chi connectivity index (χ0) is 17.3. The Balaban J connectivity index is 1.68. The van der Waals surface area contributed by atoms with Crippen LogP contribution in [0.3, 0.4) is 0 Å². The van der Waals surface area contributed by atoms with Crippen LogP contribution in [0.1, 0.15) is 73.1 Å². The van der Waals surface area contributed by atoms with Gasteiger partial charge in [0.2, 0.25) is 0 Å². The van der Waals surface area contributed by atoms with Crippen molar-refractivity contribution in [3.05, 3.63) is 11.1 Å². The van der Waals surface area contributed by atoms with Crippen LogP contribution in [0.5, 0.6) is 0 Å². The highest BCUT2D eigenvalue weighted by atomic mass is 16.7. The summed E-state index contributed by atoms with van der Waals surface area (Å²) in [4.78, 5) is 13.0. The average molecular weight is 334 g/mol. The minimum atomic E-state index is -0.422. The quantitative estimate of drug-likeness (QED) is 0.497. The molecule has 6 atom stereocenters. The molecule has 0 amide bonds. The molecule has 3 bridgehead atoms. The lowest BCUT2D eigenvalue weighted by molar-refractivity contribution is -0.255. The molecule has 1 spiro atoms. The van der Waals surface area contributed by atoms with Crippen LogP contribution in [-0.4, -0.2) is 35.0 Å². The maximum absolute atomic E-state index is 13.0. The number of ketones is 1. The molecule has 4 aliphatic rings. The van der Waals surface area contributed by atoms with E-state index in [-0.39, 0.29) is 29.2 Å². The van der Waals surface area contributed by atoms with Crippen LogP contribution in [0.4, 0.5) is 0 Å². The van der Waals surface area contributed by atoms with E-state index in [2.05, 4.69) is 20.8 Å². The summed E-state index contributed by atoms with van der Waals surface area (Å²) in [5.41, 5.74) is 1.49. The van der Waals surface area contributed by atoms with Crippen molar-refractivity contribution in [1.82, 2.24) is 0 Å². The van der Waals surface area contributed by atoms with Crippen molar-refractivity contribution in [2.75, 3.05) is 0 Å². The molecule has 4 aliphatic heterocycles. The van der Waals surface area contributed by atoms with Crippen molar-refractivity contribution in [2.45, 2.75) is 102 Å². The molecule has 134 valence electrons. The molecule has 0 N–H and O–H groups in total. The third kappa shape index (κ3) is 2.49. The number of Topliss-reactive ketones (excluding diaryl/α,β-unsaturated/α-hetero) is 1. The van der Waals surface area contributed by atoms with Crippen LogP contribution >= 0.6 is 0 Å². The van der Waals surface area contributed by atoms with Gasteiger partial charge in [-0.15, -0.1) is 0 Å². The van der Waals surface area contributed by atoms with Gasteiger partial charge in [-0.3, -0.25) is 4.79 Å². The molecule has 4 rings (SSSR count).